The van der Waals surface area contributed by atoms with Gasteiger partial charge in [-0.2, -0.15) is 0 Å². The molecule has 0 unspecified atom stereocenters. The van der Waals surface area contributed by atoms with Gasteiger partial charge in [0.25, 0.3) is 5.91 Å². The first kappa shape index (κ1) is 15.3. The molecule has 2 aromatic rings. The topological polar surface area (TPSA) is 80.5 Å². The highest BCUT2D eigenvalue weighted by Crippen LogP contribution is 2.30. The van der Waals surface area contributed by atoms with E-state index in [0.717, 1.165) is 38.3 Å². The number of rotatable bonds is 4. The Kier molecular flexibility index (Phi) is 4.27. The highest BCUT2D eigenvalue weighted by molar-refractivity contribution is 5.92. The summed E-state index contributed by atoms with van der Waals surface area (Å²) in [5.74, 6) is 0.723. The molecule has 2 aromatic heterocycles. The lowest BCUT2D eigenvalue weighted by Crippen LogP contribution is -2.47. The summed E-state index contributed by atoms with van der Waals surface area (Å²) in [4.78, 5) is 22.7. The average molecular weight is 328 g/mol. The first-order chi connectivity index (χ1) is 11.8. The van der Waals surface area contributed by atoms with E-state index in [2.05, 4.69) is 20.2 Å². The van der Waals surface area contributed by atoms with Crippen LogP contribution in [-0.4, -0.2) is 52.1 Å². The summed E-state index contributed by atoms with van der Waals surface area (Å²) in [6.45, 7) is 2.21. The smallest absolute Gasteiger partial charge is 0.271 e. The molecular formula is C17H20N4O3. The maximum absolute atomic E-state index is 12.4. The molecule has 0 bridgehead atoms. The van der Waals surface area contributed by atoms with Crippen molar-refractivity contribution in [1.82, 2.24) is 20.2 Å². The maximum Gasteiger partial charge on any atom is 0.271 e. The van der Waals surface area contributed by atoms with Gasteiger partial charge in [0.2, 0.25) is 0 Å². The number of hydrogen-bond donors (Lipinski definition) is 1. The molecule has 4 heterocycles. The molecule has 2 aliphatic heterocycles. The fourth-order valence-corrected chi connectivity index (χ4v) is 3.62. The number of ether oxygens (including phenoxy) is 1. The lowest BCUT2D eigenvalue weighted by Gasteiger charge is -2.32. The number of fused-ring (bicyclic) bond motifs is 1. The zero-order valence-electron chi connectivity index (χ0n) is 13.3. The van der Waals surface area contributed by atoms with Crippen molar-refractivity contribution in [2.45, 2.75) is 37.6 Å². The van der Waals surface area contributed by atoms with Crippen molar-refractivity contribution in [2.75, 3.05) is 13.2 Å². The van der Waals surface area contributed by atoms with E-state index in [1.807, 2.05) is 12.1 Å². The lowest BCUT2D eigenvalue weighted by molar-refractivity contribution is -0.0219. The van der Waals surface area contributed by atoms with Crippen LogP contribution in [0.3, 0.4) is 0 Å². The van der Waals surface area contributed by atoms with Crippen molar-refractivity contribution in [1.29, 1.82) is 0 Å². The van der Waals surface area contributed by atoms with E-state index in [4.69, 9.17) is 9.15 Å². The molecule has 7 nitrogen and oxygen atoms in total. The zero-order valence-corrected chi connectivity index (χ0v) is 13.3. The number of aromatic nitrogens is 2. The first-order valence-electron chi connectivity index (χ1n) is 8.26. The molecule has 0 aliphatic carbocycles. The summed E-state index contributed by atoms with van der Waals surface area (Å²) < 4.78 is 11.5. The van der Waals surface area contributed by atoms with Gasteiger partial charge < -0.3 is 14.5 Å². The normalized spacial score (nSPS) is 26.9. The van der Waals surface area contributed by atoms with Crippen molar-refractivity contribution in [3.05, 3.63) is 48.4 Å². The van der Waals surface area contributed by atoms with Crippen molar-refractivity contribution in [3.8, 4) is 0 Å². The standard InChI is InChI=1S/C17H20N4O3/c22-17(13-9-18-5-6-19-13)20-14-11-21(10-12-3-1-7-23-12)15-4-2-8-24-16(14)15/h1,3,5-7,9,14-16H,2,4,8,10-11H2,(H,20,22)/t14-,15-,16-/m0/s1. The molecule has 0 saturated carbocycles. The zero-order chi connectivity index (χ0) is 16.4. The van der Waals surface area contributed by atoms with E-state index in [9.17, 15) is 4.79 Å². The van der Waals surface area contributed by atoms with Gasteiger partial charge in [-0.3, -0.25) is 14.7 Å². The molecule has 0 radical (unpaired) electrons. The number of amides is 1. The summed E-state index contributed by atoms with van der Waals surface area (Å²) in [7, 11) is 0. The van der Waals surface area contributed by atoms with E-state index in [1.165, 1.54) is 12.4 Å². The number of hydrogen-bond acceptors (Lipinski definition) is 6. The van der Waals surface area contributed by atoms with E-state index in [0.29, 0.717) is 11.7 Å². The number of carbonyl (C=O) groups is 1. The monoisotopic (exact) mass is 328 g/mol. The van der Waals surface area contributed by atoms with Crippen LogP contribution in [0.15, 0.2) is 41.4 Å². The number of nitrogens with zero attached hydrogens (tertiary/aromatic N) is 3. The van der Waals surface area contributed by atoms with Gasteiger partial charge in [-0.1, -0.05) is 0 Å². The van der Waals surface area contributed by atoms with Crippen molar-refractivity contribution in [2.24, 2.45) is 0 Å². The van der Waals surface area contributed by atoms with E-state index in [-0.39, 0.29) is 18.1 Å². The second-order valence-electron chi connectivity index (χ2n) is 6.22. The van der Waals surface area contributed by atoms with E-state index >= 15 is 0 Å². The molecule has 126 valence electrons. The molecule has 3 atom stereocenters. The summed E-state index contributed by atoms with van der Waals surface area (Å²) >= 11 is 0. The SMILES string of the molecule is O=C(N[C@H]1CN(Cc2ccco2)[C@H]2CCCO[C@@H]12)c1cnccn1. The highest BCUT2D eigenvalue weighted by Gasteiger charge is 2.44. The molecule has 7 heteroatoms. The van der Waals surface area contributed by atoms with Crippen LogP contribution >= 0.6 is 0 Å². The van der Waals surface area contributed by atoms with Crippen molar-refractivity contribution >= 4 is 5.91 Å². The molecule has 2 saturated heterocycles. The van der Waals surface area contributed by atoms with Gasteiger partial charge in [-0.25, -0.2) is 4.98 Å². The predicted molar refractivity (Wildman–Crippen MR) is 85.2 cm³/mol. The molecule has 2 fully saturated rings. The minimum absolute atomic E-state index is 0.00864. The Balaban J connectivity index is 1.47. The second kappa shape index (κ2) is 6.70. The number of carbonyl (C=O) groups excluding carboxylic acids is 1. The van der Waals surface area contributed by atoms with Gasteiger partial charge in [0.05, 0.1) is 31.2 Å². The Labute approximate surface area is 140 Å². The van der Waals surface area contributed by atoms with Crippen molar-refractivity contribution in [3.63, 3.8) is 0 Å². The summed E-state index contributed by atoms with van der Waals surface area (Å²) in [6, 6.07) is 4.12. The van der Waals surface area contributed by atoms with Gasteiger partial charge in [-0.15, -0.1) is 0 Å². The fraction of sp³-hybridized carbons (Fsp3) is 0.471. The van der Waals surface area contributed by atoms with Crippen LogP contribution in [0.2, 0.25) is 0 Å². The first-order valence-corrected chi connectivity index (χ1v) is 8.26. The van der Waals surface area contributed by atoms with Crippen LogP contribution in [0, 0.1) is 0 Å². The highest BCUT2D eigenvalue weighted by atomic mass is 16.5. The van der Waals surface area contributed by atoms with Crippen LogP contribution in [0.5, 0.6) is 0 Å². The number of furan rings is 1. The molecule has 1 amide bonds. The van der Waals surface area contributed by atoms with Gasteiger partial charge in [0.15, 0.2) is 0 Å². The molecule has 24 heavy (non-hydrogen) atoms. The van der Waals surface area contributed by atoms with Crippen LogP contribution in [0.4, 0.5) is 0 Å². The third-order valence-corrected chi connectivity index (χ3v) is 4.68. The van der Waals surface area contributed by atoms with E-state index in [1.54, 1.807) is 12.5 Å². The Morgan fingerprint density at radius 3 is 3.17 bits per heavy atom. The molecule has 0 aromatic carbocycles. The molecular weight excluding hydrogens is 308 g/mol. The maximum atomic E-state index is 12.4. The minimum Gasteiger partial charge on any atom is -0.468 e. The minimum atomic E-state index is -0.208. The summed E-state index contributed by atoms with van der Waals surface area (Å²) in [6.07, 6.45) is 8.36. The van der Waals surface area contributed by atoms with Crippen LogP contribution in [0.25, 0.3) is 0 Å². The Hall–Kier alpha value is -2.25. The molecule has 0 spiro atoms. The number of likely N-dealkylation sites (tertiary alicyclic amines) is 1. The van der Waals surface area contributed by atoms with Gasteiger partial charge in [0.1, 0.15) is 11.5 Å². The lowest BCUT2D eigenvalue weighted by atomic mass is 10.0. The van der Waals surface area contributed by atoms with Crippen LogP contribution < -0.4 is 5.32 Å². The van der Waals surface area contributed by atoms with Gasteiger partial charge >= 0.3 is 0 Å². The average Bonchev–Trinajstić information content (AvgIpc) is 3.25. The Bertz CT molecular complexity index is 676. The van der Waals surface area contributed by atoms with Crippen LogP contribution in [-0.2, 0) is 11.3 Å². The third-order valence-electron chi connectivity index (χ3n) is 4.68. The molecule has 4 rings (SSSR count). The molecule has 1 N–H and O–H groups in total. The van der Waals surface area contributed by atoms with Gasteiger partial charge in [0, 0.05) is 31.6 Å². The predicted octanol–water partition coefficient (Wildman–Crippen LogP) is 1.23. The summed E-state index contributed by atoms with van der Waals surface area (Å²) in [5.41, 5.74) is 0.328. The van der Waals surface area contributed by atoms with E-state index < -0.39 is 0 Å². The molecule has 2 aliphatic rings. The third kappa shape index (κ3) is 3.05. The van der Waals surface area contributed by atoms with Crippen molar-refractivity contribution < 1.29 is 13.9 Å². The second-order valence-corrected chi connectivity index (χ2v) is 6.22. The Morgan fingerprint density at radius 1 is 1.42 bits per heavy atom. The van der Waals surface area contributed by atoms with Crippen LogP contribution in [0.1, 0.15) is 29.1 Å². The van der Waals surface area contributed by atoms with Gasteiger partial charge in [-0.05, 0) is 25.0 Å². The quantitative estimate of drug-likeness (QED) is 0.909. The summed E-state index contributed by atoms with van der Waals surface area (Å²) in [5, 5.41) is 3.07. The Morgan fingerprint density at radius 2 is 2.38 bits per heavy atom. The number of nitrogens with one attached hydrogen (secondary N) is 1. The fourth-order valence-electron chi connectivity index (χ4n) is 3.62. The largest absolute Gasteiger partial charge is 0.468 e.